The fraction of sp³-hybridized carbons (Fsp3) is 1.00. The van der Waals surface area contributed by atoms with Crippen LogP contribution in [0, 0.1) is 0 Å². The predicted molar refractivity (Wildman–Crippen MR) is 108 cm³/mol. The topological polar surface area (TPSA) is 0 Å². The molecule has 0 atom stereocenters. The summed E-state index contributed by atoms with van der Waals surface area (Å²) in [7, 11) is -1.21. The molecule has 5 heteroatoms. The summed E-state index contributed by atoms with van der Waals surface area (Å²) in [6, 6.07) is 0. The van der Waals surface area contributed by atoms with Crippen LogP contribution in [0.5, 0.6) is 0 Å². The largest absolute Gasteiger partial charge is 1.00 e. The third kappa shape index (κ3) is 5.92. The van der Waals surface area contributed by atoms with E-state index in [9.17, 15) is 0 Å². The second kappa shape index (κ2) is 11.5. The van der Waals surface area contributed by atoms with E-state index >= 15 is 0 Å². The van der Waals surface area contributed by atoms with Gasteiger partial charge in [-0.05, 0) is 0 Å². The molecule has 0 heterocycles. The molecule has 0 saturated carbocycles. The van der Waals surface area contributed by atoms with Crippen molar-refractivity contribution >= 4 is 23.7 Å². The first-order chi connectivity index (χ1) is 9.37. The molecule has 0 aliphatic heterocycles. The van der Waals surface area contributed by atoms with Gasteiger partial charge < -0.3 is 8.55 Å². The molecule has 0 aliphatic rings. The Morgan fingerprint density at radius 2 is 0.522 bits per heavy atom. The van der Waals surface area contributed by atoms with Gasteiger partial charge in [0.25, 0.3) is 0 Å². The van der Waals surface area contributed by atoms with Gasteiger partial charge in [0.2, 0.25) is 0 Å². The zero-order chi connectivity index (χ0) is 17.2. The van der Waals surface area contributed by atoms with Crippen LogP contribution in [-0.2, 0) is 0 Å². The van der Waals surface area contributed by atoms with E-state index in [2.05, 4.69) is 83.1 Å². The number of hydrogen-bond donors (Lipinski definition) is 0. The monoisotopic (exact) mass is 356 g/mol. The molecule has 0 rings (SSSR count). The van der Waals surface area contributed by atoms with Crippen LogP contribution >= 0.6 is 0 Å². The summed E-state index contributed by atoms with van der Waals surface area (Å²) in [5.41, 5.74) is 5.49. The Kier molecular flexibility index (Phi) is 14.8. The molecule has 0 N–H and O–H groups in total. The number of hydrogen-bond acceptors (Lipinski definition) is 0. The van der Waals surface area contributed by atoms with Crippen LogP contribution in [0.15, 0.2) is 0 Å². The van der Waals surface area contributed by atoms with Gasteiger partial charge in [-0.3, -0.25) is 0 Å². The van der Waals surface area contributed by atoms with Gasteiger partial charge in [0.1, 0.15) is 0 Å². The smallest absolute Gasteiger partial charge is 0.422 e. The first-order valence-electron chi connectivity index (χ1n) is 9.16. The van der Waals surface area contributed by atoms with Gasteiger partial charge in [0, 0.05) is 0 Å². The predicted octanol–water partition coefficient (Wildman–Crippen LogP) is 1.05. The van der Waals surface area contributed by atoms with E-state index in [1.54, 1.807) is 0 Å². The molecule has 127 valence electrons. The molecule has 0 aliphatic carbocycles. The summed E-state index contributed by atoms with van der Waals surface area (Å²) < 4.78 is 0. The van der Waals surface area contributed by atoms with E-state index < -0.39 is 15.2 Å². The fourth-order valence-electron chi connectivity index (χ4n) is 5.24. The van der Waals surface area contributed by atoms with E-state index in [4.69, 9.17) is 0 Å². The number of rotatable bonds is 8. The van der Waals surface area contributed by atoms with Gasteiger partial charge in [0.15, 0.2) is 0 Å². The van der Waals surface area contributed by atoms with Crippen LogP contribution in [0.25, 0.3) is 0 Å². The Bertz CT molecular complexity index is 240. The van der Waals surface area contributed by atoms with Gasteiger partial charge in [0.05, 0.1) is 0 Å². The van der Waals surface area contributed by atoms with Crippen molar-refractivity contribution in [3.63, 3.8) is 0 Å². The Labute approximate surface area is 176 Å². The quantitative estimate of drug-likeness (QED) is 0.570. The maximum atomic E-state index is 2.54. The molecule has 0 spiro atoms. The molecule has 0 unspecified atom stereocenters. The van der Waals surface area contributed by atoms with E-state index in [-0.39, 0.29) is 37.7 Å². The zero-order valence-electron chi connectivity index (χ0n) is 19.0. The zero-order valence-corrected chi connectivity index (χ0v) is 22.0. The van der Waals surface area contributed by atoms with Crippen molar-refractivity contribution in [1.29, 1.82) is 0 Å². The van der Waals surface area contributed by atoms with Crippen molar-refractivity contribution in [2.45, 2.75) is 116 Å². The summed E-state index contributed by atoms with van der Waals surface area (Å²) in [6.07, 6.45) is 0. The summed E-state index contributed by atoms with van der Waals surface area (Å²) >= 11 is 0. The van der Waals surface area contributed by atoms with Crippen LogP contribution < -0.4 is 37.7 Å². The van der Waals surface area contributed by atoms with Gasteiger partial charge >= 0.3 is 37.7 Å². The Hall–Kier alpha value is 1.85. The molecule has 0 nitrogen and oxygen atoms in total. The van der Waals surface area contributed by atoms with Gasteiger partial charge in [-0.15, -0.1) is 15.2 Å². The molecule has 1 radical (unpaired) electrons. The average Bonchev–Trinajstić information content (AvgIpc) is 2.26. The molecular formula is C18H42Li2Si3+. The SMILES string of the molecule is CC(C)[Si]([Si-][Si](C(C)C)(C(C)C)C(C)C)(C(C)C)C(C)C.[Li+].[Li+]. The minimum absolute atomic E-state index is 0. The van der Waals surface area contributed by atoms with Crippen molar-refractivity contribution in [2.24, 2.45) is 0 Å². The third-order valence-corrected chi connectivity index (χ3v) is 39.3. The van der Waals surface area contributed by atoms with Crippen molar-refractivity contribution in [3.8, 4) is 0 Å². The minimum atomic E-state index is -1.26. The average molecular weight is 357 g/mol. The standard InChI is InChI=1S/C18H42Si3.2Li/c1-13(2)20(14(3)4,15(5)6)19-21(16(7)8,17(9)10)18(11)12;;/h13-18H,1-12H3;;/q-1;2*+1. The van der Waals surface area contributed by atoms with Crippen molar-refractivity contribution in [1.82, 2.24) is 0 Å². The minimum Gasteiger partial charge on any atom is -0.422 e. The van der Waals surface area contributed by atoms with E-state index in [1.807, 2.05) is 0 Å². The normalized spacial score (nSPS) is 13.3. The third-order valence-electron chi connectivity index (χ3n) is 6.17. The van der Waals surface area contributed by atoms with Crippen molar-refractivity contribution in [3.05, 3.63) is 0 Å². The van der Waals surface area contributed by atoms with E-state index in [0.29, 0.717) is 0 Å². The second-order valence-electron chi connectivity index (χ2n) is 8.92. The van der Waals surface area contributed by atoms with E-state index in [1.165, 1.54) is 8.55 Å². The summed E-state index contributed by atoms with van der Waals surface area (Å²) in [6.45, 7) is 30.5. The fourth-order valence-corrected chi connectivity index (χ4v) is 45.5. The Balaban J connectivity index is -0.00000200. The van der Waals surface area contributed by atoms with Crippen LogP contribution in [0.2, 0.25) is 33.2 Å². The van der Waals surface area contributed by atoms with Crippen molar-refractivity contribution in [2.75, 3.05) is 0 Å². The Morgan fingerprint density at radius 1 is 0.391 bits per heavy atom. The van der Waals surface area contributed by atoms with Crippen LogP contribution in [0.1, 0.15) is 83.1 Å². The Morgan fingerprint density at radius 3 is 0.609 bits per heavy atom. The van der Waals surface area contributed by atoms with Crippen LogP contribution in [0.3, 0.4) is 0 Å². The van der Waals surface area contributed by atoms with Crippen LogP contribution in [0.4, 0.5) is 0 Å². The molecular weight excluding hydrogens is 314 g/mol. The van der Waals surface area contributed by atoms with Gasteiger partial charge in [-0.25, -0.2) is 0 Å². The first kappa shape index (κ1) is 29.6. The first-order valence-corrected chi connectivity index (χ1v) is 16.6. The van der Waals surface area contributed by atoms with E-state index in [0.717, 1.165) is 33.2 Å². The molecule has 0 saturated heterocycles. The molecule has 0 amide bonds. The summed E-state index contributed by atoms with van der Waals surface area (Å²) in [4.78, 5) is 0. The maximum absolute atomic E-state index is 2.54. The molecule has 0 aromatic rings. The van der Waals surface area contributed by atoms with Gasteiger partial charge in [-0.2, -0.15) is 0 Å². The molecule has 0 bridgehead atoms. The van der Waals surface area contributed by atoms with Gasteiger partial charge in [-0.1, -0.05) is 116 Å². The molecule has 0 aromatic heterocycles. The summed E-state index contributed by atoms with van der Waals surface area (Å²) in [5, 5.41) is 0. The summed E-state index contributed by atoms with van der Waals surface area (Å²) in [5.74, 6) is 0. The maximum Gasteiger partial charge on any atom is 1.00 e. The van der Waals surface area contributed by atoms with Crippen LogP contribution in [-0.4, -0.2) is 23.7 Å². The molecule has 0 fully saturated rings. The van der Waals surface area contributed by atoms with Crippen molar-refractivity contribution < 1.29 is 37.7 Å². The molecule has 0 aromatic carbocycles. The molecule has 23 heavy (non-hydrogen) atoms. The second-order valence-corrected chi connectivity index (χ2v) is 28.0.